The van der Waals surface area contributed by atoms with Crippen molar-refractivity contribution >= 4 is 16.4 Å². The molecule has 3 heterocycles. The second-order valence-electron chi connectivity index (χ2n) is 7.55. The molecule has 1 N–H and O–H groups in total. The first kappa shape index (κ1) is 19.9. The zero-order valence-corrected chi connectivity index (χ0v) is 16.9. The average Bonchev–Trinajstić information content (AvgIpc) is 3.19. The number of aromatic amines is 1. The lowest BCUT2D eigenvalue weighted by Gasteiger charge is -2.09. The van der Waals surface area contributed by atoms with Gasteiger partial charge in [-0.25, -0.2) is 0 Å². The van der Waals surface area contributed by atoms with Gasteiger partial charge in [0.1, 0.15) is 5.75 Å². The molecule has 0 fully saturated rings. The average molecular weight is 434 g/mol. The highest BCUT2D eigenvalue weighted by Gasteiger charge is 2.30. The Balaban J connectivity index is 1.53. The number of alkyl halides is 3. The summed E-state index contributed by atoms with van der Waals surface area (Å²) in [5.41, 5.74) is 5.54. The predicted molar refractivity (Wildman–Crippen MR) is 118 cm³/mol. The van der Waals surface area contributed by atoms with Crippen LogP contribution in [0.3, 0.4) is 0 Å². The van der Waals surface area contributed by atoms with Gasteiger partial charge in [-0.05, 0) is 60.5 Å². The zero-order chi connectivity index (χ0) is 22.5. The molecule has 0 saturated heterocycles. The van der Waals surface area contributed by atoms with Crippen LogP contribution in [0.15, 0.2) is 83.9 Å². The number of H-pyrrole nitrogens is 1. The first-order valence-corrected chi connectivity index (χ1v) is 9.88. The van der Waals surface area contributed by atoms with E-state index in [1.54, 1.807) is 25.1 Å². The molecule has 0 aliphatic rings. The molecule has 0 radical (unpaired) electrons. The van der Waals surface area contributed by atoms with E-state index in [4.69, 9.17) is 0 Å². The molecule has 4 nitrogen and oxygen atoms in total. The molecular weight excluding hydrogens is 417 g/mol. The van der Waals surface area contributed by atoms with Crippen LogP contribution in [-0.4, -0.2) is 15.7 Å². The molecule has 0 aliphatic carbocycles. The lowest BCUT2D eigenvalue weighted by atomic mass is 10.1. The smallest absolute Gasteiger partial charge is 0.406 e. The number of fused-ring (bicyclic) bond motifs is 2. The van der Waals surface area contributed by atoms with Gasteiger partial charge in [-0.2, -0.15) is 0 Å². The van der Waals surface area contributed by atoms with E-state index in [1.165, 1.54) is 12.1 Å². The van der Waals surface area contributed by atoms with E-state index in [0.717, 1.165) is 33.4 Å². The fourth-order valence-electron chi connectivity index (χ4n) is 3.90. The molecule has 0 atom stereocenters. The van der Waals surface area contributed by atoms with Gasteiger partial charge >= 0.3 is 6.36 Å². The SMILES string of the molecule is Cc1c(-c2cc3cc(-c4ccc(OC(F)(F)F)cc4)ccn3c2)[nH]c2ccccc2c1=O. The van der Waals surface area contributed by atoms with Crippen LogP contribution in [0, 0.1) is 6.92 Å². The molecule has 0 bridgehead atoms. The monoisotopic (exact) mass is 434 g/mol. The second kappa shape index (κ2) is 7.30. The molecule has 0 aliphatic heterocycles. The molecule has 5 rings (SSSR count). The fraction of sp³-hybridized carbons (Fsp3) is 0.0800. The van der Waals surface area contributed by atoms with Crippen molar-refractivity contribution in [2.75, 3.05) is 0 Å². The minimum Gasteiger partial charge on any atom is -0.406 e. The van der Waals surface area contributed by atoms with E-state index in [-0.39, 0.29) is 11.2 Å². The number of halogens is 3. The number of nitrogens with one attached hydrogen (secondary N) is 1. The van der Waals surface area contributed by atoms with Crippen molar-refractivity contribution in [2.24, 2.45) is 0 Å². The van der Waals surface area contributed by atoms with Crippen LogP contribution in [0.4, 0.5) is 13.2 Å². The molecule has 0 saturated carbocycles. The van der Waals surface area contributed by atoms with Gasteiger partial charge in [-0.3, -0.25) is 4.79 Å². The summed E-state index contributed by atoms with van der Waals surface area (Å²) in [6.45, 7) is 1.80. The van der Waals surface area contributed by atoms with E-state index < -0.39 is 6.36 Å². The second-order valence-corrected chi connectivity index (χ2v) is 7.55. The first-order valence-electron chi connectivity index (χ1n) is 9.88. The van der Waals surface area contributed by atoms with Gasteiger partial charge in [-0.15, -0.1) is 13.2 Å². The minimum atomic E-state index is -4.72. The fourth-order valence-corrected chi connectivity index (χ4v) is 3.90. The molecule has 3 aromatic heterocycles. The lowest BCUT2D eigenvalue weighted by Crippen LogP contribution is -2.16. The highest BCUT2D eigenvalue weighted by Crippen LogP contribution is 2.29. The molecule has 5 aromatic rings. The maximum Gasteiger partial charge on any atom is 0.573 e. The summed E-state index contributed by atoms with van der Waals surface area (Å²) in [5, 5.41) is 0.651. The van der Waals surface area contributed by atoms with Gasteiger partial charge in [0.2, 0.25) is 0 Å². The third-order valence-electron chi connectivity index (χ3n) is 5.45. The maximum atomic E-state index is 12.8. The number of hydrogen-bond donors (Lipinski definition) is 1. The van der Waals surface area contributed by atoms with Crippen molar-refractivity contribution in [1.82, 2.24) is 9.38 Å². The summed E-state index contributed by atoms with van der Waals surface area (Å²) >= 11 is 0. The number of nitrogens with zero attached hydrogens (tertiary/aromatic N) is 1. The molecule has 7 heteroatoms. The highest BCUT2D eigenvalue weighted by atomic mass is 19.4. The van der Waals surface area contributed by atoms with E-state index in [9.17, 15) is 18.0 Å². The van der Waals surface area contributed by atoms with Gasteiger partial charge in [0.05, 0.1) is 5.69 Å². The summed E-state index contributed by atoms with van der Waals surface area (Å²) in [6, 6.07) is 18.9. The van der Waals surface area contributed by atoms with E-state index >= 15 is 0 Å². The zero-order valence-electron chi connectivity index (χ0n) is 16.9. The Morgan fingerprint density at radius 1 is 0.906 bits per heavy atom. The Labute approximate surface area is 180 Å². The predicted octanol–water partition coefficient (Wildman–Crippen LogP) is 6.32. The number of para-hydroxylation sites is 1. The largest absolute Gasteiger partial charge is 0.573 e. The van der Waals surface area contributed by atoms with Gasteiger partial charge < -0.3 is 14.1 Å². The van der Waals surface area contributed by atoms with E-state index in [2.05, 4.69) is 9.72 Å². The molecule has 160 valence electrons. The first-order chi connectivity index (χ1) is 15.3. The molecule has 0 spiro atoms. The molecule has 0 amide bonds. The Morgan fingerprint density at radius 2 is 1.62 bits per heavy atom. The van der Waals surface area contributed by atoms with Crippen molar-refractivity contribution in [3.05, 3.63) is 94.9 Å². The third-order valence-corrected chi connectivity index (χ3v) is 5.45. The number of benzene rings is 2. The van der Waals surface area contributed by atoms with Crippen molar-refractivity contribution < 1.29 is 17.9 Å². The Kier molecular flexibility index (Phi) is 4.55. The highest BCUT2D eigenvalue weighted by molar-refractivity contribution is 5.84. The quantitative estimate of drug-likeness (QED) is 0.361. The van der Waals surface area contributed by atoms with Gasteiger partial charge in [-0.1, -0.05) is 24.3 Å². The van der Waals surface area contributed by atoms with Crippen LogP contribution in [0.2, 0.25) is 0 Å². The summed E-state index contributed by atoms with van der Waals surface area (Å²) in [5.74, 6) is -0.261. The van der Waals surface area contributed by atoms with Crippen LogP contribution in [0.5, 0.6) is 5.75 Å². The van der Waals surface area contributed by atoms with Crippen molar-refractivity contribution in [1.29, 1.82) is 0 Å². The third kappa shape index (κ3) is 3.62. The van der Waals surface area contributed by atoms with Crippen LogP contribution in [-0.2, 0) is 0 Å². The van der Waals surface area contributed by atoms with Crippen LogP contribution < -0.4 is 10.2 Å². The number of hydrogen-bond acceptors (Lipinski definition) is 2. The van der Waals surface area contributed by atoms with Crippen LogP contribution in [0.1, 0.15) is 5.56 Å². The Bertz CT molecular complexity index is 1510. The van der Waals surface area contributed by atoms with E-state index in [1.807, 2.05) is 53.2 Å². The number of ether oxygens (including phenoxy) is 1. The molecular formula is C25H17F3N2O2. The topological polar surface area (TPSA) is 46.5 Å². The van der Waals surface area contributed by atoms with E-state index in [0.29, 0.717) is 10.9 Å². The summed E-state index contributed by atoms with van der Waals surface area (Å²) in [6.07, 6.45) is -0.903. The van der Waals surface area contributed by atoms with Crippen LogP contribution >= 0.6 is 0 Å². The molecule has 0 unspecified atom stereocenters. The maximum absolute atomic E-state index is 12.8. The minimum absolute atomic E-state index is 0.00791. The van der Waals surface area contributed by atoms with Crippen LogP contribution in [0.25, 0.3) is 38.8 Å². The van der Waals surface area contributed by atoms with Crippen molar-refractivity contribution in [2.45, 2.75) is 13.3 Å². The molecule has 2 aromatic carbocycles. The van der Waals surface area contributed by atoms with Crippen molar-refractivity contribution in [3.8, 4) is 28.1 Å². The van der Waals surface area contributed by atoms with Gasteiger partial charge in [0.15, 0.2) is 5.43 Å². The van der Waals surface area contributed by atoms with Gasteiger partial charge in [0, 0.05) is 39.9 Å². The van der Waals surface area contributed by atoms with Crippen molar-refractivity contribution in [3.63, 3.8) is 0 Å². The normalized spacial score (nSPS) is 11.9. The standard InChI is InChI=1S/C25H17F3N2O2/c1-15-23(29-22-5-3-2-4-21(22)24(15)31)18-13-19-12-17(10-11-30(19)14-18)16-6-8-20(9-7-16)32-25(26,27)28/h2-14H,1H3,(H,29,31). The lowest BCUT2D eigenvalue weighted by molar-refractivity contribution is -0.274. The number of rotatable bonds is 3. The summed E-state index contributed by atoms with van der Waals surface area (Å²) < 4.78 is 43.0. The summed E-state index contributed by atoms with van der Waals surface area (Å²) in [4.78, 5) is 16.1. The number of pyridine rings is 2. The Hall–Kier alpha value is -4.00. The molecule has 32 heavy (non-hydrogen) atoms. The number of aromatic nitrogens is 2. The Morgan fingerprint density at radius 3 is 2.38 bits per heavy atom. The summed E-state index contributed by atoms with van der Waals surface area (Å²) in [7, 11) is 0. The van der Waals surface area contributed by atoms with Gasteiger partial charge in [0.25, 0.3) is 0 Å².